The Kier molecular flexibility index (Phi) is 7.65. The van der Waals surface area contributed by atoms with Gasteiger partial charge in [0.1, 0.15) is 11.2 Å². The summed E-state index contributed by atoms with van der Waals surface area (Å²) in [5.41, 5.74) is -0.00296. The van der Waals surface area contributed by atoms with E-state index >= 15 is 0 Å². The fourth-order valence-corrected chi connectivity index (χ4v) is 3.04. The van der Waals surface area contributed by atoms with Crippen molar-refractivity contribution >= 4 is 23.4 Å². The van der Waals surface area contributed by atoms with Crippen LogP contribution in [0.2, 0.25) is 0 Å². The molecule has 2 aromatic rings. The van der Waals surface area contributed by atoms with Crippen LogP contribution in [0.5, 0.6) is 5.75 Å². The highest BCUT2D eigenvalue weighted by molar-refractivity contribution is 7.80. The Morgan fingerprint density at radius 3 is 2.32 bits per heavy atom. The predicted molar refractivity (Wildman–Crippen MR) is 100.0 cm³/mol. The van der Waals surface area contributed by atoms with E-state index in [4.69, 9.17) is 4.74 Å². The second kappa shape index (κ2) is 9.78. The van der Waals surface area contributed by atoms with Gasteiger partial charge in [0, 0.05) is 0 Å². The van der Waals surface area contributed by atoms with Gasteiger partial charge in [-0.1, -0.05) is 75.8 Å². The highest BCUT2D eigenvalue weighted by Crippen LogP contribution is 2.23. The van der Waals surface area contributed by atoms with Gasteiger partial charge < -0.3 is 4.74 Å². The molecule has 1 unspecified atom stereocenters. The molecule has 0 aliphatic heterocycles. The molecule has 0 saturated heterocycles. The summed E-state index contributed by atoms with van der Waals surface area (Å²) in [4.78, 5) is 0. The molecule has 22 heavy (non-hydrogen) atoms. The Morgan fingerprint density at radius 1 is 0.864 bits per heavy atom. The molecule has 0 amide bonds. The third-order valence-corrected chi connectivity index (χ3v) is 4.41. The summed E-state index contributed by atoms with van der Waals surface area (Å²) < 4.78 is 5.93. The van der Waals surface area contributed by atoms with E-state index in [1.165, 1.54) is 55.7 Å². The molecule has 0 heterocycles. The zero-order valence-corrected chi connectivity index (χ0v) is 14.5. The lowest BCUT2D eigenvalue weighted by Gasteiger charge is -2.14. The molecule has 120 valence electrons. The molecule has 1 atom stereocenters. The van der Waals surface area contributed by atoms with Gasteiger partial charge in [0.2, 0.25) is 0 Å². The van der Waals surface area contributed by atoms with Crippen LogP contribution in [0.3, 0.4) is 0 Å². The maximum atomic E-state index is 5.93. The maximum Gasteiger partial charge on any atom is 0.141 e. The lowest BCUT2D eigenvalue weighted by atomic mass is 10.1. The van der Waals surface area contributed by atoms with Crippen molar-refractivity contribution in [1.82, 2.24) is 0 Å². The zero-order chi connectivity index (χ0) is 15.6. The van der Waals surface area contributed by atoms with Crippen molar-refractivity contribution in [2.75, 3.05) is 0 Å². The first-order valence-electron chi connectivity index (χ1n) is 8.63. The van der Waals surface area contributed by atoms with Crippen molar-refractivity contribution in [2.45, 2.75) is 63.7 Å². The van der Waals surface area contributed by atoms with Gasteiger partial charge in [-0.3, -0.25) is 0 Å². The molecule has 0 bridgehead atoms. The van der Waals surface area contributed by atoms with Crippen molar-refractivity contribution in [2.24, 2.45) is 0 Å². The topological polar surface area (TPSA) is 9.23 Å². The van der Waals surface area contributed by atoms with E-state index in [1.807, 2.05) is 6.07 Å². The standard InChI is InChI=1S/C20H28OS/c1-2-3-4-5-6-7-8-13-20(22)21-19-15-14-17-11-9-10-12-18(17)16-19/h9-12,14-16,20,22H,2-8,13H2,1H3. The van der Waals surface area contributed by atoms with Crippen LogP contribution in [-0.2, 0) is 0 Å². The van der Waals surface area contributed by atoms with E-state index in [0.717, 1.165) is 12.2 Å². The summed E-state index contributed by atoms with van der Waals surface area (Å²) in [5.74, 6) is 0.918. The quantitative estimate of drug-likeness (QED) is 0.294. The van der Waals surface area contributed by atoms with Crippen LogP contribution >= 0.6 is 12.6 Å². The van der Waals surface area contributed by atoms with E-state index in [-0.39, 0.29) is 5.44 Å². The molecule has 0 aromatic heterocycles. The van der Waals surface area contributed by atoms with Crippen LogP contribution in [0.25, 0.3) is 10.8 Å². The van der Waals surface area contributed by atoms with Crippen molar-refractivity contribution in [3.05, 3.63) is 42.5 Å². The van der Waals surface area contributed by atoms with Gasteiger partial charge in [-0.2, -0.15) is 0 Å². The third-order valence-electron chi connectivity index (χ3n) is 4.05. The van der Waals surface area contributed by atoms with Gasteiger partial charge in [-0.15, -0.1) is 12.6 Å². The number of unbranched alkanes of at least 4 members (excludes halogenated alkanes) is 6. The first-order chi connectivity index (χ1) is 10.8. The molecule has 0 radical (unpaired) electrons. The molecule has 0 N–H and O–H groups in total. The van der Waals surface area contributed by atoms with Crippen LogP contribution in [0, 0.1) is 0 Å². The van der Waals surface area contributed by atoms with Gasteiger partial charge in [-0.25, -0.2) is 0 Å². The molecular weight excluding hydrogens is 288 g/mol. The average molecular weight is 317 g/mol. The Hall–Kier alpha value is -1.15. The minimum atomic E-state index is -0.00296. The summed E-state index contributed by atoms with van der Waals surface area (Å²) in [6, 6.07) is 14.6. The van der Waals surface area contributed by atoms with Crippen molar-refractivity contribution in [3.8, 4) is 5.75 Å². The Labute approximate surface area is 140 Å². The van der Waals surface area contributed by atoms with Gasteiger partial charge >= 0.3 is 0 Å². The highest BCUT2D eigenvalue weighted by Gasteiger charge is 2.05. The molecule has 1 nitrogen and oxygen atoms in total. The first-order valence-corrected chi connectivity index (χ1v) is 9.15. The van der Waals surface area contributed by atoms with Crippen LogP contribution in [0.4, 0.5) is 0 Å². The van der Waals surface area contributed by atoms with Gasteiger partial charge in [0.05, 0.1) is 0 Å². The Morgan fingerprint density at radius 2 is 1.55 bits per heavy atom. The van der Waals surface area contributed by atoms with Gasteiger partial charge in [0.15, 0.2) is 0 Å². The van der Waals surface area contributed by atoms with E-state index < -0.39 is 0 Å². The molecule has 2 heteroatoms. The molecule has 0 aliphatic rings. The number of rotatable bonds is 10. The lowest BCUT2D eigenvalue weighted by molar-refractivity contribution is 0.273. The van der Waals surface area contributed by atoms with Crippen molar-refractivity contribution in [3.63, 3.8) is 0 Å². The summed E-state index contributed by atoms with van der Waals surface area (Å²) in [6.07, 6.45) is 10.3. The third kappa shape index (κ3) is 5.92. The van der Waals surface area contributed by atoms with Gasteiger partial charge in [0.25, 0.3) is 0 Å². The number of thiol groups is 1. The summed E-state index contributed by atoms with van der Waals surface area (Å²) in [7, 11) is 0. The van der Waals surface area contributed by atoms with Crippen molar-refractivity contribution < 1.29 is 4.74 Å². The number of ether oxygens (including phenoxy) is 1. The highest BCUT2D eigenvalue weighted by atomic mass is 32.1. The van der Waals surface area contributed by atoms with Crippen molar-refractivity contribution in [1.29, 1.82) is 0 Å². The number of fused-ring (bicyclic) bond motifs is 1. The van der Waals surface area contributed by atoms with Crippen LogP contribution < -0.4 is 4.74 Å². The SMILES string of the molecule is CCCCCCCCCC(S)Oc1ccc2ccccc2c1. The maximum absolute atomic E-state index is 5.93. The molecule has 0 aliphatic carbocycles. The number of hydrogen-bond acceptors (Lipinski definition) is 2. The number of benzene rings is 2. The van der Waals surface area contributed by atoms with Gasteiger partial charge in [-0.05, 0) is 35.7 Å². The largest absolute Gasteiger partial charge is 0.480 e. The van der Waals surface area contributed by atoms with E-state index in [9.17, 15) is 0 Å². The second-order valence-electron chi connectivity index (χ2n) is 5.99. The lowest BCUT2D eigenvalue weighted by Crippen LogP contribution is -2.08. The number of hydrogen-bond donors (Lipinski definition) is 1. The van der Waals surface area contributed by atoms with E-state index in [1.54, 1.807) is 0 Å². The fraction of sp³-hybridized carbons (Fsp3) is 0.500. The molecular formula is C20H28OS. The zero-order valence-electron chi connectivity index (χ0n) is 13.6. The Balaban J connectivity index is 1.68. The smallest absolute Gasteiger partial charge is 0.141 e. The summed E-state index contributed by atoms with van der Waals surface area (Å²) in [6.45, 7) is 2.26. The summed E-state index contributed by atoms with van der Waals surface area (Å²) >= 11 is 4.57. The molecule has 2 aromatic carbocycles. The van der Waals surface area contributed by atoms with Crippen LogP contribution in [-0.4, -0.2) is 5.44 Å². The minimum Gasteiger partial charge on any atom is -0.480 e. The summed E-state index contributed by atoms with van der Waals surface area (Å²) in [5, 5.41) is 2.47. The van der Waals surface area contributed by atoms with Crippen LogP contribution in [0.1, 0.15) is 58.3 Å². The normalized spacial score (nSPS) is 12.5. The average Bonchev–Trinajstić information content (AvgIpc) is 2.54. The molecule has 2 rings (SSSR count). The minimum absolute atomic E-state index is 0.00296. The second-order valence-corrected chi connectivity index (χ2v) is 6.57. The predicted octanol–water partition coefficient (Wildman–Crippen LogP) is 6.62. The Bertz CT molecular complexity index is 552. The molecule has 0 fully saturated rings. The van der Waals surface area contributed by atoms with Crippen LogP contribution in [0.15, 0.2) is 42.5 Å². The molecule has 0 saturated carbocycles. The monoisotopic (exact) mass is 316 g/mol. The van der Waals surface area contributed by atoms with E-state index in [0.29, 0.717) is 0 Å². The van der Waals surface area contributed by atoms with E-state index in [2.05, 4.69) is 56.0 Å². The first kappa shape index (κ1) is 17.2. The molecule has 0 spiro atoms. The fourth-order valence-electron chi connectivity index (χ4n) is 2.73.